The molecule has 1 saturated carbocycles. The normalized spacial score (nSPS) is 13.4. The number of alkyl halides is 3. The number of imidazole rings is 1. The summed E-state index contributed by atoms with van der Waals surface area (Å²) >= 11 is 0. The largest absolute Gasteiger partial charge is 0.416 e. The first kappa shape index (κ1) is 25.0. The van der Waals surface area contributed by atoms with E-state index in [9.17, 15) is 22.8 Å². The van der Waals surface area contributed by atoms with Crippen molar-refractivity contribution in [2.24, 2.45) is 5.92 Å². The van der Waals surface area contributed by atoms with Crippen molar-refractivity contribution in [2.75, 3.05) is 10.6 Å². The number of rotatable bonds is 4. The fraction of sp³-hybridized carbons (Fsp3) is 0.214. The molecule has 38 heavy (non-hydrogen) atoms. The molecule has 4 aromatic rings. The molecule has 0 bridgehead atoms. The maximum absolute atomic E-state index is 13.0. The highest BCUT2D eigenvalue weighted by molar-refractivity contribution is 6.04. The predicted molar refractivity (Wildman–Crippen MR) is 136 cm³/mol. The third kappa shape index (κ3) is 5.22. The third-order valence-corrected chi connectivity index (χ3v) is 6.42. The Labute approximate surface area is 216 Å². The molecule has 0 aliphatic heterocycles. The van der Waals surface area contributed by atoms with Crippen LogP contribution >= 0.6 is 0 Å². The van der Waals surface area contributed by atoms with Crippen LogP contribution in [0.3, 0.4) is 0 Å². The zero-order chi connectivity index (χ0) is 26.9. The van der Waals surface area contributed by atoms with Crippen LogP contribution in [0.5, 0.6) is 0 Å². The van der Waals surface area contributed by atoms with Crippen LogP contribution in [0.2, 0.25) is 0 Å². The summed E-state index contributed by atoms with van der Waals surface area (Å²) in [5.74, 6) is 5.33. The minimum atomic E-state index is -4.55. The number of fused-ring (bicyclic) bond motifs is 1. The Morgan fingerprint density at radius 3 is 2.61 bits per heavy atom. The molecule has 0 saturated heterocycles. The molecule has 0 spiro atoms. The van der Waals surface area contributed by atoms with Crippen molar-refractivity contribution in [2.45, 2.75) is 32.4 Å². The van der Waals surface area contributed by atoms with E-state index in [0.29, 0.717) is 22.6 Å². The van der Waals surface area contributed by atoms with Gasteiger partial charge in [0.1, 0.15) is 11.5 Å². The first-order chi connectivity index (χ1) is 18.2. The molecular weight excluding hydrogens is 495 g/mol. The monoisotopic (exact) mass is 517 g/mol. The number of nitrogens with one attached hydrogen (secondary N) is 2. The number of nitrogens with zero attached hydrogens (tertiary/aromatic N) is 3. The van der Waals surface area contributed by atoms with Crippen LogP contribution in [0.4, 0.5) is 24.7 Å². The summed E-state index contributed by atoms with van der Waals surface area (Å²) in [6.07, 6.45) is 2.70. The van der Waals surface area contributed by atoms with Gasteiger partial charge in [-0.05, 0) is 67.6 Å². The van der Waals surface area contributed by atoms with Crippen molar-refractivity contribution in [3.05, 3.63) is 89.0 Å². The molecule has 2 N–H and O–H groups in total. The molecule has 5 rings (SSSR count). The summed E-state index contributed by atoms with van der Waals surface area (Å²) in [5.41, 5.74) is 2.46. The Bertz CT molecular complexity index is 1610. The van der Waals surface area contributed by atoms with Crippen molar-refractivity contribution < 1.29 is 22.8 Å². The fourth-order valence-corrected chi connectivity index (χ4v) is 4.00. The zero-order valence-electron chi connectivity index (χ0n) is 20.3. The smallest absolute Gasteiger partial charge is 0.323 e. The first-order valence-corrected chi connectivity index (χ1v) is 11.9. The van der Waals surface area contributed by atoms with Crippen molar-refractivity contribution in [1.82, 2.24) is 14.4 Å². The number of benzene rings is 1. The Kier molecular flexibility index (Phi) is 6.59. The number of anilines is 2. The maximum Gasteiger partial charge on any atom is 0.416 e. The summed E-state index contributed by atoms with van der Waals surface area (Å²) in [4.78, 5) is 33.3. The van der Waals surface area contributed by atoms with Crippen LogP contribution in [-0.4, -0.2) is 26.2 Å². The summed E-state index contributed by atoms with van der Waals surface area (Å²) in [7, 11) is 0. The number of amides is 2. The van der Waals surface area contributed by atoms with Gasteiger partial charge in [0.25, 0.3) is 5.91 Å². The number of pyridine rings is 2. The zero-order valence-corrected chi connectivity index (χ0v) is 20.3. The van der Waals surface area contributed by atoms with E-state index < -0.39 is 17.6 Å². The highest BCUT2D eigenvalue weighted by atomic mass is 19.4. The van der Waals surface area contributed by atoms with E-state index in [4.69, 9.17) is 0 Å². The van der Waals surface area contributed by atoms with Gasteiger partial charge in [-0.15, -0.1) is 0 Å². The van der Waals surface area contributed by atoms with E-state index in [1.54, 1.807) is 47.1 Å². The Morgan fingerprint density at radius 1 is 1.05 bits per heavy atom. The Hall–Kier alpha value is -4.65. The van der Waals surface area contributed by atoms with Gasteiger partial charge < -0.3 is 10.6 Å². The molecule has 1 fully saturated rings. The Morgan fingerprint density at radius 2 is 1.87 bits per heavy atom. The fourth-order valence-electron chi connectivity index (χ4n) is 4.00. The van der Waals surface area contributed by atoms with E-state index in [1.807, 2.05) is 6.92 Å². The van der Waals surface area contributed by atoms with Gasteiger partial charge in [0.15, 0.2) is 5.65 Å². The molecule has 1 aliphatic carbocycles. The van der Waals surface area contributed by atoms with Crippen LogP contribution in [0.25, 0.3) is 5.65 Å². The quantitative estimate of drug-likeness (QED) is 0.353. The number of hydrogen-bond acceptors (Lipinski definition) is 4. The molecule has 1 aromatic carbocycles. The number of hydrogen-bond donors (Lipinski definition) is 2. The lowest BCUT2D eigenvalue weighted by Crippen LogP contribution is -2.28. The van der Waals surface area contributed by atoms with Gasteiger partial charge in [-0.25, -0.2) is 9.97 Å². The van der Waals surface area contributed by atoms with Crippen LogP contribution in [-0.2, 0) is 11.0 Å². The molecule has 3 heterocycles. The molecule has 7 nitrogen and oxygen atoms in total. The molecule has 2 amide bonds. The van der Waals surface area contributed by atoms with Crippen LogP contribution in [0, 0.1) is 24.7 Å². The average molecular weight is 518 g/mol. The van der Waals surface area contributed by atoms with Crippen molar-refractivity contribution in [1.29, 1.82) is 0 Å². The summed E-state index contributed by atoms with van der Waals surface area (Å²) in [5, 5.41) is 5.35. The van der Waals surface area contributed by atoms with Gasteiger partial charge in [0, 0.05) is 29.4 Å². The minimum Gasteiger partial charge on any atom is -0.323 e. The lowest BCUT2D eigenvalue weighted by atomic mass is 9.85. The second kappa shape index (κ2) is 10.0. The SMILES string of the molecule is Cc1ccc(C(=O)Nc2cc(C(F)(F)F)ccn2)cc1C#Cc1cnc2c(NC(=O)C3CCC3)cccn12. The highest BCUT2D eigenvalue weighted by Crippen LogP contribution is 2.30. The van der Waals surface area contributed by atoms with Gasteiger partial charge in [0.05, 0.1) is 17.4 Å². The molecule has 10 heteroatoms. The number of aromatic nitrogens is 3. The number of carbonyl (C=O) groups is 2. The summed E-state index contributed by atoms with van der Waals surface area (Å²) in [6, 6.07) is 10.0. The van der Waals surface area contributed by atoms with E-state index >= 15 is 0 Å². The van der Waals surface area contributed by atoms with E-state index in [-0.39, 0.29) is 23.2 Å². The lowest BCUT2D eigenvalue weighted by Gasteiger charge is -2.24. The van der Waals surface area contributed by atoms with Gasteiger partial charge in [0.2, 0.25) is 5.91 Å². The topological polar surface area (TPSA) is 88.4 Å². The van der Waals surface area contributed by atoms with Gasteiger partial charge >= 0.3 is 6.18 Å². The van der Waals surface area contributed by atoms with E-state index in [2.05, 4.69) is 32.4 Å². The predicted octanol–water partition coefficient (Wildman–Crippen LogP) is 5.45. The molecule has 0 unspecified atom stereocenters. The maximum atomic E-state index is 13.0. The molecule has 1 aliphatic rings. The highest BCUT2D eigenvalue weighted by Gasteiger charge is 2.31. The summed E-state index contributed by atoms with van der Waals surface area (Å²) in [6.45, 7) is 1.84. The third-order valence-electron chi connectivity index (χ3n) is 6.42. The molecule has 0 atom stereocenters. The van der Waals surface area contributed by atoms with E-state index in [0.717, 1.165) is 43.2 Å². The second-order valence-electron chi connectivity index (χ2n) is 9.04. The minimum absolute atomic E-state index is 0.00830. The average Bonchev–Trinajstić information content (AvgIpc) is 3.26. The van der Waals surface area contributed by atoms with Crippen molar-refractivity contribution >= 4 is 29.0 Å². The van der Waals surface area contributed by atoms with E-state index in [1.165, 1.54) is 0 Å². The first-order valence-electron chi connectivity index (χ1n) is 11.9. The number of halogens is 3. The summed E-state index contributed by atoms with van der Waals surface area (Å²) < 4.78 is 40.7. The molecule has 0 radical (unpaired) electrons. The van der Waals surface area contributed by atoms with Crippen LogP contribution in [0.1, 0.15) is 52.0 Å². The molecule has 192 valence electrons. The lowest BCUT2D eigenvalue weighted by molar-refractivity contribution is -0.137. The van der Waals surface area contributed by atoms with Gasteiger partial charge in [-0.2, -0.15) is 13.2 Å². The standard InChI is InChI=1S/C28H22F3N5O2/c1-17-7-8-20(27(38)35-24-15-21(11-12-32-24)28(29,30)31)14-19(17)9-10-22-16-33-25-23(6-3-13-36(22)25)34-26(37)18-4-2-5-18/h3,6-8,11-16,18H,2,4-5H2,1H3,(H,34,37)(H,32,35,38). The number of aryl methyl sites for hydroxylation is 1. The van der Waals surface area contributed by atoms with Crippen molar-refractivity contribution in [3.8, 4) is 11.8 Å². The Balaban J connectivity index is 1.37. The van der Waals surface area contributed by atoms with Gasteiger partial charge in [-0.3, -0.25) is 14.0 Å². The molecular formula is C28H22F3N5O2. The van der Waals surface area contributed by atoms with Crippen LogP contribution in [0.15, 0.2) is 61.1 Å². The molecule has 3 aromatic heterocycles. The second-order valence-corrected chi connectivity index (χ2v) is 9.04. The van der Waals surface area contributed by atoms with Crippen LogP contribution < -0.4 is 10.6 Å². The number of carbonyl (C=O) groups excluding carboxylic acids is 2. The van der Waals surface area contributed by atoms with Gasteiger partial charge in [-0.1, -0.05) is 18.4 Å². The van der Waals surface area contributed by atoms with Crippen molar-refractivity contribution in [3.63, 3.8) is 0 Å².